The van der Waals surface area contributed by atoms with Gasteiger partial charge in [-0.2, -0.15) is 0 Å². The van der Waals surface area contributed by atoms with Gasteiger partial charge in [0.15, 0.2) is 0 Å². The molecule has 2 N–H and O–H groups in total. The average molecular weight is 478 g/mol. The maximum Gasteiger partial charge on any atom is 0.326 e. The minimum atomic E-state index is -0.875. The van der Waals surface area contributed by atoms with Crippen molar-refractivity contribution in [3.05, 3.63) is 42.5 Å². The first-order valence-electron chi connectivity index (χ1n) is 13.6. The third-order valence-electron chi connectivity index (χ3n) is 8.44. The van der Waals surface area contributed by atoms with Crippen molar-refractivity contribution in [2.45, 2.75) is 82.3 Å². The fourth-order valence-electron chi connectivity index (χ4n) is 6.50. The van der Waals surface area contributed by atoms with Gasteiger partial charge in [-0.15, -0.1) is 0 Å². The molecule has 2 saturated heterocycles. The molecular weight excluding hydrogens is 438 g/mol. The summed E-state index contributed by atoms with van der Waals surface area (Å²) < 4.78 is 0. The molecule has 2 heterocycles. The van der Waals surface area contributed by atoms with Crippen LogP contribution in [0.3, 0.4) is 0 Å². The summed E-state index contributed by atoms with van der Waals surface area (Å²) >= 11 is 0. The molecule has 0 spiro atoms. The number of nitrogens with one attached hydrogen (secondary N) is 1. The summed E-state index contributed by atoms with van der Waals surface area (Å²) in [5.41, 5.74) is 0.927. The number of hydrogen-bond acceptors (Lipinski definition) is 4. The van der Waals surface area contributed by atoms with Crippen LogP contribution in [0.5, 0.6) is 0 Å². The molecule has 1 saturated carbocycles. The van der Waals surface area contributed by atoms with Crippen LogP contribution in [0.2, 0.25) is 0 Å². The third kappa shape index (κ3) is 5.64. The number of rotatable bonds is 7. The molecule has 1 aliphatic carbocycles. The van der Waals surface area contributed by atoms with Crippen LogP contribution in [0, 0.1) is 5.92 Å². The van der Waals surface area contributed by atoms with E-state index in [2.05, 4.69) is 34.5 Å². The monoisotopic (exact) mass is 477 g/mol. The first kappa shape index (κ1) is 24.1. The maximum absolute atomic E-state index is 14.0. The first-order valence-corrected chi connectivity index (χ1v) is 13.6. The Kier molecular flexibility index (Phi) is 7.57. The fourth-order valence-corrected chi connectivity index (χ4v) is 6.50. The predicted molar refractivity (Wildman–Crippen MR) is 140 cm³/mol. The highest BCUT2D eigenvalue weighted by Gasteiger charge is 2.44. The van der Waals surface area contributed by atoms with Gasteiger partial charge in [0.1, 0.15) is 12.1 Å². The summed E-state index contributed by atoms with van der Waals surface area (Å²) in [6.45, 7) is 2.55. The van der Waals surface area contributed by atoms with Crippen molar-refractivity contribution in [3.8, 4) is 0 Å². The van der Waals surface area contributed by atoms with E-state index < -0.39 is 18.1 Å². The average Bonchev–Trinajstić information content (AvgIpc) is 3.35. The van der Waals surface area contributed by atoms with E-state index in [9.17, 15) is 14.7 Å². The molecule has 3 atom stereocenters. The Morgan fingerprint density at radius 1 is 0.943 bits per heavy atom. The number of fused-ring (bicyclic) bond motifs is 1. The summed E-state index contributed by atoms with van der Waals surface area (Å²) in [6.07, 6.45) is 10.9. The largest absolute Gasteiger partial charge is 0.480 e. The number of anilines is 1. The van der Waals surface area contributed by atoms with E-state index in [0.29, 0.717) is 18.9 Å². The molecule has 2 unspecified atom stereocenters. The molecular formula is C29H39N3O3. The van der Waals surface area contributed by atoms with Crippen LogP contribution >= 0.6 is 0 Å². The number of benzene rings is 2. The molecule has 1 amide bonds. The molecule has 0 radical (unpaired) electrons. The molecule has 0 aromatic heterocycles. The normalized spacial score (nSPS) is 25.0. The topological polar surface area (TPSA) is 72.9 Å². The highest BCUT2D eigenvalue weighted by Crippen LogP contribution is 2.32. The molecule has 2 aliphatic heterocycles. The summed E-state index contributed by atoms with van der Waals surface area (Å²) in [5, 5.41) is 15.9. The minimum Gasteiger partial charge on any atom is -0.480 e. The SMILES string of the molecule is O=C(O)C1CC(N2CCCCC2)CN1C(=O)[C@@H](CC1CCCCC1)Nc1ccc2ccccc2c1. The first-order chi connectivity index (χ1) is 17.1. The van der Waals surface area contributed by atoms with Gasteiger partial charge in [0.25, 0.3) is 0 Å². The highest BCUT2D eigenvalue weighted by molar-refractivity contribution is 5.91. The van der Waals surface area contributed by atoms with Crippen molar-refractivity contribution in [2.75, 3.05) is 25.0 Å². The molecule has 188 valence electrons. The molecule has 2 aromatic carbocycles. The van der Waals surface area contributed by atoms with E-state index in [0.717, 1.165) is 56.3 Å². The van der Waals surface area contributed by atoms with E-state index in [-0.39, 0.29) is 11.9 Å². The van der Waals surface area contributed by atoms with Crippen molar-refractivity contribution in [2.24, 2.45) is 5.92 Å². The van der Waals surface area contributed by atoms with E-state index in [1.54, 1.807) is 4.90 Å². The summed E-state index contributed by atoms with van der Waals surface area (Å²) in [5.74, 6) is -0.412. The number of likely N-dealkylation sites (tertiary alicyclic amines) is 2. The Bertz CT molecular complexity index is 1030. The molecule has 3 fully saturated rings. The number of amides is 1. The lowest BCUT2D eigenvalue weighted by atomic mass is 9.84. The fraction of sp³-hybridized carbons (Fsp3) is 0.586. The van der Waals surface area contributed by atoms with Crippen LogP contribution in [-0.4, -0.2) is 64.5 Å². The van der Waals surface area contributed by atoms with Crippen LogP contribution < -0.4 is 5.32 Å². The number of carboxylic acid groups (broad SMARTS) is 1. The number of hydrogen-bond donors (Lipinski definition) is 2. The van der Waals surface area contributed by atoms with Crippen LogP contribution in [0.15, 0.2) is 42.5 Å². The lowest BCUT2D eigenvalue weighted by molar-refractivity contribution is -0.148. The van der Waals surface area contributed by atoms with E-state index in [1.165, 1.54) is 31.1 Å². The number of aliphatic carboxylic acids is 1. The Morgan fingerprint density at radius 3 is 2.40 bits per heavy atom. The van der Waals surface area contributed by atoms with Gasteiger partial charge < -0.3 is 15.3 Å². The maximum atomic E-state index is 14.0. The van der Waals surface area contributed by atoms with Crippen molar-refractivity contribution in [3.63, 3.8) is 0 Å². The molecule has 0 bridgehead atoms. The van der Waals surface area contributed by atoms with Crippen LogP contribution in [0.25, 0.3) is 10.8 Å². The van der Waals surface area contributed by atoms with Crippen molar-refractivity contribution in [1.29, 1.82) is 0 Å². The lowest BCUT2D eigenvalue weighted by Crippen LogP contribution is -2.49. The van der Waals surface area contributed by atoms with Crippen LogP contribution in [0.1, 0.15) is 64.2 Å². The Hall–Kier alpha value is -2.60. The van der Waals surface area contributed by atoms with Crippen molar-refractivity contribution < 1.29 is 14.7 Å². The lowest BCUT2D eigenvalue weighted by Gasteiger charge is -2.33. The van der Waals surface area contributed by atoms with Gasteiger partial charge in [-0.05, 0) is 67.6 Å². The number of carbonyl (C=O) groups excluding carboxylic acids is 1. The molecule has 6 heteroatoms. The van der Waals surface area contributed by atoms with Gasteiger partial charge in [-0.1, -0.05) is 68.9 Å². The van der Waals surface area contributed by atoms with Crippen molar-refractivity contribution >= 4 is 28.3 Å². The molecule has 5 rings (SSSR count). The van der Waals surface area contributed by atoms with Crippen LogP contribution in [-0.2, 0) is 9.59 Å². The number of carbonyl (C=O) groups is 2. The van der Waals surface area contributed by atoms with Gasteiger partial charge in [-0.3, -0.25) is 9.69 Å². The minimum absolute atomic E-state index is 0.0457. The second kappa shape index (κ2) is 11.0. The van der Waals surface area contributed by atoms with E-state index in [1.807, 2.05) is 18.2 Å². The molecule has 6 nitrogen and oxygen atoms in total. The number of nitrogens with zero attached hydrogens (tertiary/aromatic N) is 2. The van der Waals surface area contributed by atoms with Gasteiger partial charge in [0.2, 0.25) is 5.91 Å². The third-order valence-corrected chi connectivity index (χ3v) is 8.44. The molecule has 35 heavy (non-hydrogen) atoms. The van der Waals surface area contributed by atoms with E-state index in [4.69, 9.17) is 0 Å². The second-order valence-electron chi connectivity index (χ2n) is 10.8. The number of carboxylic acids is 1. The van der Waals surface area contributed by atoms with Crippen LogP contribution in [0.4, 0.5) is 5.69 Å². The summed E-state index contributed by atoms with van der Waals surface area (Å²) in [7, 11) is 0. The predicted octanol–water partition coefficient (Wildman–Crippen LogP) is 5.13. The molecule has 2 aromatic rings. The van der Waals surface area contributed by atoms with Gasteiger partial charge in [0.05, 0.1) is 0 Å². The Labute approximate surface area is 208 Å². The highest BCUT2D eigenvalue weighted by atomic mass is 16.4. The second-order valence-corrected chi connectivity index (χ2v) is 10.8. The smallest absolute Gasteiger partial charge is 0.326 e. The molecule has 3 aliphatic rings. The Balaban J connectivity index is 1.37. The van der Waals surface area contributed by atoms with Crippen molar-refractivity contribution in [1.82, 2.24) is 9.80 Å². The summed E-state index contributed by atoms with van der Waals surface area (Å²) in [4.78, 5) is 30.3. The standard InChI is InChI=1S/C29H39N3O3/c33-28(32-20-25(19-27(32)29(34)35)31-15-7-2-8-16-31)26(17-21-9-3-1-4-10-21)30-24-14-13-22-11-5-6-12-23(22)18-24/h5-6,11-14,18,21,25-27,30H,1-4,7-10,15-17,19-20H2,(H,34,35)/t25?,26-,27?/m1/s1. The quantitative estimate of drug-likeness (QED) is 0.578. The van der Waals surface area contributed by atoms with E-state index >= 15 is 0 Å². The Morgan fingerprint density at radius 2 is 1.66 bits per heavy atom. The van der Waals surface area contributed by atoms with Gasteiger partial charge in [-0.25, -0.2) is 4.79 Å². The van der Waals surface area contributed by atoms with Gasteiger partial charge in [0, 0.05) is 18.3 Å². The zero-order valence-electron chi connectivity index (χ0n) is 20.7. The summed E-state index contributed by atoms with van der Waals surface area (Å²) in [6, 6.07) is 13.5. The zero-order valence-corrected chi connectivity index (χ0v) is 20.7. The van der Waals surface area contributed by atoms with Gasteiger partial charge >= 0.3 is 5.97 Å². The zero-order chi connectivity index (χ0) is 24.2. The number of piperidine rings is 1.